The van der Waals surface area contributed by atoms with Crippen LogP contribution in [-0.2, 0) is 0 Å². The van der Waals surface area contributed by atoms with Gasteiger partial charge in [-0.3, -0.25) is 5.84 Å². The fraction of sp³-hybridized carbons (Fsp3) is 0.231. The fourth-order valence-corrected chi connectivity index (χ4v) is 1.70. The molecule has 0 aliphatic rings. The molecule has 0 saturated carbocycles. The molecule has 1 aromatic carbocycles. The van der Waals surface area contributed by atoms with Gasteiger partial charge in [-0.2, -0.15) is 0 Å². The summed E-state index contributed by atoms with van der Waals surface area (Å²) in [6.07, 6.45) is 2.04. The molecule has 1 aromatic heterocycles. The van der Waals surface area contributed by atoms with Crippen LogP contribution < -0.4 is 11.3 Å². The molecule has 0 radical (unpaired) electrons. The minimum absolute atomic E-state index is 0.0719. The van der Waals surface area contributed by atoms with Crippen LogP contribution in [0.25, 0.3) is 11.0 Å². The van der Waals surface area contributed by atoms with Gasteiger partial charge in [-0.25, -0.2) is 5.43 Å². The second-order valence-electron chi connectivity index (χ2n) is 4.07. The van der Waals surface area contributed by atoms with Crippen LogP contribution >= 0.6 is 0 Å². The van der Waals surface area contributed by atoms with E-state index in [2.05, 4.69) is 5.43 Å². The van der Waals surface area contributed by atoms with E-state index in [0.717, 1.165) is 16.7 Å². The lowest BCUT2D eigenvalue weighted by Crippen LogP contribution is -2.26. The van der Waals surface area contributed by atoms with Crippen molar-refractivity contribution in [1.29, 1.82) is 0 Å². The Hall–Kier alpha value is -1.58. The van der Waals surface area contributed by atoms with Crippen molar-refractivity contribution in [2.75, 3.05) is 0 Å². The number of nitrogens with two attached hydrogens (primary N) is 1. The van der Waals surface area contributed by atoms with Gasteiger partial charge in [0.05, 0.1) is 6.04 Å². The predicted molar refractivity (Wildman–Crippen MR) is 65.7 cm³/mol. The summed E-state index contributed by atoms with van der Waals surface area (Å²) in [4.78, 5) is 0. The maximum absolute atomic E-state index is 5.73. The molecule has 3 heteroatoms. The Labute approximate surface area is 94.9 Å². The van der Waals surface area contributed by atoms with Crippen LogP contribution in [0.1, 0.15) is 25.6 Å². The zero-order valence-corrected chi connectivity index (χ0v) is 9.53. The van der Waals surface area contributed by atoms with Crippen molar-refractivity contribution in [3.05, 3.63) is 47.7 Å². The summed E-state index contributed by atoms with van der Waals surface area (Å²) in [5, 5.41) is 1.10. The molecule has 1 unspecified atom stereocenters. The second-order valence-corrected chi connectivity index (χ2v) is 4.07. The van der Waals surface area contributed by atoms with E-state index in [1.165, 1.54) is 5.57 Å². The van der Waals surface area contributed by atoms with E-state index in [4.69, 9.17) is 10.3 Å². The summed E-state index contributed by atoms with van der Waals surface area (Å²) in [5.41, 5.74) is 4.83. The third-order valence-electron chi connectivity index (χ3n) is 2.43. The first kappa shape index (κ1) is 10.9. The molecular formula is C13H16N2O. The quantitative estimate of drug-likeness (QED) is 0.471. The van der Waals surface area contributed by atoms with E-state index in [1.807, 2.05) is 50.3 Å². The number of rotatable bonds is 3. The fourth-order valence-electron chi connectivity index (χ4n) is 1.70. The van der Waals surface area contributed by atoms with Crippen LogP contribution in [0.5, 0.6) is 0 Å². The van der Waals surface area contributed by atoms with Crippen molar-refractivity contribution < 1.29 is 4.42 Å². The highest BCUT2D eigenvalue weighted by atomic mass is 16.3. The Morgan fingerprint density at radius 1 is 1.38 bits per heavy atom. The first-order valence-electron chi connectivity index (χ1n) is 5.30. The number of para-hydroxylation sites is 1. The highest BCUT2D eigenvalue weighted by molar-refractivity contribution is 5.77. The van der Waals surface area contributed by atoms with E-state index in [1.54, 1.807) is 0 Å². The van der Waals surface area contributed by atoms with Crippen molar-refractivity contribution in [2.24, 2.45) is 5.84 Å². The minimum atomic E-state index is -0.0719. The molecule has 3 nitrogen and oxygen atoms in total. The summed E-state index contributed by atoms with van der Waals surface area (Å²) in [6, 6.07) is 9.87. The number of nitrogens with one attached hydrogen (secondary N) is 1. The average molecular weight is 216 g/mol. The van der Waals surface area contributed by atoms with Crippen molar-refractivity contribution >= 4 is 11.0 Å². The Morgan fingerprint density at radius 2 is 2.12 bits per heavy atom. The topological polar surface area (TPSA) is 51.2 Å². The van der Waals surface area contributed by atoms with Crippen LogP contribution in [0.2, 0.25) is 0 Å². The van der Waals surface area contributed by atoms with Gasteiger partial charge in [-0.15, -0.1) is 0 Å². The summed E-state index contributed by atoms with van der Waals surface area (Å²) >= 11 is 0. The number of furan rings is 1. The van der Waals surface area contributed by atoms with Crippen molar-refractivity contribution in [1.82, 2.24) is 5.43 Å². The molecule has 0 bridgehead atoms. The smallest absolute Gasteiger partial charge is 0.134 e. The Morgan fingerprint density at radius 3 is 2.75 bits per heavy atom. The first-order chi connectivity index (χ1) is 7.70. The van der Waals surface area contributed by atoms with Crippen LogP contribution in [0.15, 0.2) is 46.4 Å². The van der Waals surface area contributed by atoms with Gasteiger partial charge < -0.3 is 4.42 Å². The van der Waals surface area contributed by atoms with Gasteiger partial charge in [0.25, 0.3) is 0 Å². The molecule has 0 aliphatic heterocycles. The molecule has 0 saturated heterocycles. The molecular weight excluding hydrogens is 200 g/mol. The third kappa shape index (κ3) is 2.15. The van der Waals surface area contributed by atoms with E-state index in [0.29, 0.717) is 0 Å². The standard InChI is InChI=1S/C13H16N2O/c1-9(2)7-11(15-14)13-8-10-5-3-4-6-12(10)16-13/h3-8,11,15H,14H2,1-2H3. The molecule has 16 heavy (non-hydrogen) atoms. The van der Waals surface area contributed by atoms with Gasteiger partial charge in [0.2, 0.25) is 0 Å². The summed E-state index contributed by atoms with van der Waals surface area (Å²) < 4.78 is 5.73. The van der Waals surface area contributed by atoms with Crippen LogP contribution in [0, 0.1) is 0 Å². The Kier molecular flexibility index (Phi) is 3.08. The molecule has 2 rings (SSSR count). The monoisotopic (exact) mass is 216 g/mol. The van der Waals surface area contributed by atoms with Crippen LogP contribution in [0.3, 0.4) is 0 Å². The van der Waals surface area contributed by atoms with E-state index < -0.39 is 0 Å². The number of hydrazine groups is 1. The van der Waals surface area contributed by atoms with Crippen LogP contribution in [-0.4, -0.2) is 0 Å². The van der Waals surface area contributed by atoms with Gasteiger partial charge in [-0.1, -0.05) is 29.8 Å². The average Bonchev–Trinajstić information content (AvgIpc) is 2.68. The summed E-state index contributed by atoms with van der Waals surface area (Å²) in [6.45, 7) is 4.07. The Bertz CT molecular complexity index is 476. The lowest BCUT2D eigenvalue weighted by atomic mass is 10.1. The normalized spacial score (nSPS) is 12.7. The lowest BCUT2D eigenvalue weighted by molar-refractivity contribution is 0.484. The van der Waals surface area contributed by atoms with Gasteiger partial charge in [-0.05, 0) is 26.0 Å². The molecule has 1 atom stereocenters. The third-order valence-corrected chi connectivity index (χ3v) is 2.43. The molecule has 0 spiro atoms. The van der Waals surface area contributed by atoms with Crippen molar-refractivity contribution in [3.63, 3.8) is 0 Å². The largest absolute Gasteiger partial charge is 0.459 e. The first-order valence-corrected chi connectivity index (χ1v) is 5.30. The zero-order valence-electron chi connectivity index (χ0n) is 9.53. The Balaban J connectivity index is 2.42. The summed E-state index contributed by atoms with van der Waals surface area (Å²) in [7, 11) is 0. The highest BCUT2D eigenvalue weighted by Crippen LogP contribution is 2.24. The second kappa shape index (κ2) is 4.51. The highest BCUT2D eigenvalue weighted by Gasteiger charge is 2.11. The molecule has 0 amide bonds. The van der Waals surface area contributed by atoms with Gasteiger partial charge in [0.15, 0.2) is 0 Å². The molecule has 84 valence electrons. The van der Waals surface area contributed by atoms with E-state index >= 15 is 0 Å². The number of benzene rings is 1. The molecule has 0 fully saturated rings. The molecule has 0 aliphatic carbocycles. The van der Waals surface area contributed by atoms with Crippen molar-refractivity contribution in [2.45, 2.75) is 19.9 Å². The number of fused-ring (bicyclic) bond motifs is 1. The van der Waals surface area contributed by atoms with Crippen molar-refractivity contribution in [3.8, 4) is 0 Å². The SMILES string of the molecule is CC(C)=CC(NN)c1cc2ccccc2o1. The maximum atomic E-state index is 5.73. The minimum Gasteiger partial charge on any atom is -0.459 e. The predicted octanol–water partition coefficient (Wildman–Crippen LogP) is 2.90. The van der Waals surface area contributed by atoms with E-state index in [-0.39, 0.29) is 6.04 Å². The number of hydrogen-bond acceptors (Lipinski definition) is 3. The van der Waals surface area contributed by atoms with Gasteiger partial charge >= 0.3 is 0 Å². The number of allylic oxidation sites excluding steroid dienone is 1. The number of hydrogen-bond donors (Lipinski definition) is 2. The molecule has 1 heterocycles. The van der Waals surface area contributed by atoms with Gasteiger partial charge in [0, 0.05) is 5.39 Å². The molecule has 3 N–H and O–H groups in total. The zero-order chi connectivity index (χ0) is 11.5. The lowest BCUT2D eigenvalue weighted by Gasteiger charge is -2.08. The maximum Gasteiger partial charge on any atom is 0.134 e. The van der Waals surface area contributed by atoms with Gasteiger partial charge in [0.1, 0.15) is 11.3 Å². The van der Waals surface area contributed by atoms with Crippen LogP contribution in [0.4, 0.5) is 0 Å². The molecule has 2 aromatic rings. The van der Waals surface area contributed by atoms with E-state index in [9.17, 15) is 0 Å². The summed E-state index contributed by atoms with van der Waals surface area (Å²) in [5.74, 6) is 6.36.